The maximum absolute atomic E-state index is 15.1. The Balaban J connectivity index is 1.39. The van der Waals surface area contributed by atoms with Gasteiger partial charge >= 0.3 is 0 Å². The minimum atomic E-state index is -0.268. The van der Waals surface area contributed by atoms with Gasteiger partial charge in [-0.25, -0.2) is 14.4 Å². The molecule has 2 N–H and O–H groups in total. The van der Waals surface area contributed by atoms with Crippen molar-refractivity contribution in [1.82, 2.24) is 19.9 Å². The van der Waals surface area contributed by atoms with E-state index in [2.05, 4.69) is 60.8 Å². The van der Waals surface area contributed by atoms with Crippen LogP contribution < -0.4 is 4.74 Å². The van der Waals surface area contributed by atoms with Gasteiger partial charge in [-0.3, -0.25) is 0 Å². The molecule has 0 unspecified atom stereocenters. The van der Waals surface area contributed by atoms with E-state index >= 15 is 4.39 Å². The number of halogens is 1. The van der Waals surface area contributed by atoms with Crippen LogP contribution in [0.4, 0.5) is 4.39 Å². The zero-order chi connectivity index (χ0) is 23.6. The minimum Gasteiger partial charge on any atom is -0.485 e. The fraction of sp³-hybridized carbons (Fsp3) is 0.259. The summed E-state index contributed by atoms with van der Waals surface area (Å²) in [5, 5.41) is 1.09. The molecule has 34 heavy (non-hydrogen) atoms. The van der Waals surface area contributed by atoms with Crippen molar-refractivity contribution in [2.24, 2.45) is 0 Å². The average Bonchev–Trinajstić information content (AvgIpc) is 3.56. The Bertz CT molecular complexity index is 1540. The van der Waals surface area contributed by atoms with Crippen LogP contribution in [0.3, 0.4) is 0 Å². The lowest BCUT2D eigenvalue weighted by atomic mass is 10.0. The highest BCUT2D eigenvalue weighted by Crippen LogP contribution is 2.46. The second-order valence-corrected chi connectivity index (χ2v) is 10.4. The number of hydrogen-bond acceptors (Lipinski definition) is 4. The highest BCUT2D eigenvalue weighted by atomic mass is 32.1. The number of imidazole rings is 2. The molecule has 6 rings (SSSR count). The van der Waals surface area contributed by atoms with E-state index in [1.165, 1.54) is 0 Å². The zero-order valence-corrected chi connectivity index (χ0v) is 20.3. The van der Waals surface area contributed by atoms with Crippen molar-refractivity contribution < 1.29 is 9.13 Å². The summed E-state index contributed by atoms with van der Waals surface area (Å²) in [6, 6.07) is 11.7. The first-order valence-corrected chi connectivity index (χ1v) is 12.3. The molecule has 7 heteroatoms. The molecular formula is C27H25FN4OS. The van der Waals surface area contributed by atoms with E-state index < -0.39 is 0 Å². The van der Waals surface area contributed by atoms with Gasteiger partial charge < -0.3 is 14.7 Å². The molecule has 1 aliphatic heterocycles. The van der Waals surface area contributed by atoms with Gasteiger partial charge in [0.2, 0.25) is 0 Å². The number of aromatic nitrogens is 4. The molecule has 0 saturated carbocycles. The Morgan fingerprint density at radius 3 is 2.50 bits per heavy atom. The van der Waals surface area contributed by atoms with Crippen molar-refractivity contribution in [3.8, 4) is 38.7 Å². The summed E-state index contributed by atoms with van der Waals surface area (Å²) in [4.78, 5) is 16.8. The molecule has 4 heterocycles. The van der Waals surface area contributed by atoms with Crippen LogP contribution in [0.15, 0.2) is 42.6 Å². The lowest BCUT2D eigenvalue weighted by molar-refractivity contribution is 0.302. The van der Waals surface area contributed by atoms with Gasteiger partial charge in [0.25, 0.3) is 0 Å². The summed E-state index contributed by atoms with van der Waals surface area (Å²) in [5.74, 6) is 3.02. The maximum atomic E-state index is 15.1. The van der Waals surface area contributed by atoms with Crippen LogP contribution in [0, 0.1) is 5.82 Å². The number of thiophene rings is 1. The minimum absolute atomic E-state index is 0.262. The van der Waals surface area contributed by atoms with Gasteiger partial charge in [-0.2, -0.15) is 0 Å². The summed E-state index contributed by atoms with van der Waals surface area (Å²) in [6.07, 6.45) is 1.70. The topological polar surface area (TPSA) is 66.6 Å². The number of nitrogens with zero attached hydrogens (tertiary/aromatic N) is 2. The predicted molar refractivity (Wildman–Crippen MR) is 135 cm³/mol. The normalized spacial score (nSPS) is 12.9. The molecule has 5 nitrogen and oxygen atoms in total. The number of rotatable bonds is 4. The van der Waals surface area contributed by atoms with Crippen molar-refractivity contribution in [1.29, 1.82) is 0 Å². The largest absolute Gasteiger partial charge is 0.485 e. The molecule has 0 aliphatic carbocycles. The van der Waals surface area contributed by atoms with Gasteiger partial charge in [-0.15, -0.1) is 11.3 Å². The molecule has 0 fully saturated rings. The number of hydrogen-bond donors (Lipinski definition) is 2. The van der Waals surface area contributed by atoms with Crippen molar-refractivity contribution in [3.63, 3.8) is 0 Å². The molecule has 0 amide bonds. The third kappa shape index (κ3) is 3.34. The number of ether oxygens (including phenoxy) is 1. The van der Waals surface area contributed by atoms with E-state index in [0.29, 0.717) is 23.8 Å². The van der Waals surface area contributed by atoms with E-state index in [4.69, 9.17) is 9.72 Å². The quantitative estimate of drug-likeness (QED) is 0.283. The highest BCUT2D eigenvalue weighted by Gasteiger charge is 2.25. The fourth-order valence-corrected chi connectivity index (χ4v) is 5.54. The van der Waals surface area contributed by atoms with Gasteiger partial charge in [0.05, 0.1) is 22.3 Å². The van der Waals surface area contributed by atoms with Crippen molar-refractivity contribution in [3.05, 3.63) is 65.8 Å². The van der Waals surface area contributed by atoms with E-state index in [9.17, 15) is 0 Å². The van der Waals surface area contributed by atoms with Gasteiger partial charge in [0.15, 0.2) is 0 Å². The third-order valence-corrected chi connectivity index (χ3v) is 7.49. The van der Waals surface area contributed by atoms with Crippen LogP contribution in [0.25, 0.3) is 43.0 Å². The number of nitrogens with one attached hydrogen (secondary N) is 2. The molecule has 0 atom stereocenters. The van der Waals surface area contributed by atoms with E-state index in [-0.39, 0.29) is 11.7 Å². The molecule has 0 bridgehead atoms. The predicted octanol–water partition coefficient (Wildman–Crippen LogP) is 7.63. The maximum Gasteiger partial charge on any atom is 0.147 e. The summed E-state index contributed by atoms with van der Waals surface area (Å²) >= 11 is 1.63. The molecule has 0 radical (unpaired) electrons. The lowest BCUT2D eigenvalue weighted by Crippen LogP contribution is -2.05. The first-order chi connectivity index (χ1) is 16.4. The Hall–Kier alpha value is -3.45. The van der Waals surface area contributed by atoms with Gasteiger partial charge in [0.1, 0.15) is 35.5 Å². The molecule has 2 aromatic carbocycles. The summed E-state index contributed by atoms with van der Waals surface area (Å²) < 4.78 is 22.4. The lowest BCUT2D eigenvalue weighted by Gasteiger charge is -2.17. The first-order valence-electron chi connectivity index (χ1n) is 11.5. The molecule has 1 aliphatic rings. The van der Waals surface area contributed by atoms with Gasteiger partial charge in [0, 0.05) is 27.8 Å². The number of H-pyrrole nitrogens is 2. The first kappa shape index (κ1) is 21.1. The standard InChI is InChI=1S/C27H25FN4OS/c1-13(2)26-29-11-20(30-26)17-7-5-15(9-19(17)28)22-10-16-6-8-18-23-21(31-27(32-23)14(3)4)12-33-24(18)25(16)34-22/h5-11,13-14H,12H2,1-4H3,(H,29,30)(H,31,32). The average molecular weight is 473 g/mol. The van der Waals surface area contributed by atoms with Crippen LogP contribution in [-0.4, -0.2) is 19.9 Å². The molecular weight excluding hydrogens is 447 g/mol. The second kappa shape index (κ2) is 7.81. The van der Waals surface area contributed by atoms with Gasteiger partial charge in [-0.1, -0.05) is 39.8 Å². The molecule has 0 spiro atoms. The fourth-order valence-electron chi connectivity index (χ4n) is 4.38. The number of fused-ring (bicyclic) bond motifs is 5. The Morgan fingerprint density at radius 2 is 1.76 bits per heavy atom. The smallest absolute Gasteiger partial charge is 0.147 e. The van der Waals surface area contributed by atoms with Crippen LogP contribution in [0.1, 0.15) is 56.9 Å². The number of benzene rings is 2. The van der Waals surface area contributed by atoms with Crippen LogP contribution in [-0.2, 0) is 6.61 Å². The Morgan fingerprint density at radius 1 is 0.971 bits per heavy atom. The van der Waals surface area contributed by atoms with E-state index in [1.54, 1.807) is 23.6 Å². The van der Waals surface area contributed by atoms with Crippen LogP contribution in [0.5, 0.6) is 5.75 Å². The molecule has 3 aromatic heterocycles. The number of aromatic amines is 2. The van der Waals surface area contributed by atoms with Crippen molar-refractivity contribution in [2.75, 3.05) is 0 Å². The second-order valence-electron chi connectivity index (χ2n) is 9.39. The monoisotopic (exact) mass is 472 g/mol. The molecule has 172 valence electrons. The summed E-state index contributed by atoms with van der Waals surface area (Å²) in [5.41, 5.74) is 5.09. The summed E-state index contributed by atoms with van der Waals surface area (Å²) in [6.45, 7) is 8.82. The Labute approximate surface area is 201 Å². The van der Waals surface area contributed by atoms with Crippen LogP contribution >= 0.6 is 11.3 Å². The van der Waals surface area contributed by atoms with Gasteiger partial charge in [-0.05, 0) is 35.2 Å². The molecule has 5 aromatic rings. The van der Waals surface area contributed by atoms with Crippen LogP contribution in [0.2, 0.25) is 0 Å². The zero-order valence-electron chi connectivity index (χ0n) is 19.5. The van der Waals surface area contributed by atoms with E-state index in [0.717, 1.165) is 54.9 Å². The SMILES string of the molecule is CC(C)c1ncc(-c2ccc(-c3cc4ccc5c(c4s3)OCc3nc(C(C)C)[nH]c3-5)cc2F)[nH]1. The summed E-state index contributed by atoms with van der Waals surface area (Å²) in [7, 11) is 0. The third-order valence-electron chi connectivity index (χ3n) is 6.29. The highest BCUT2D eigenvalue weighted by molar-refractivity contribution is 7.22. The van der Waals surface area contributed by atoms with Crippen molar-refractivity contribution >= 4 is 21.4 Å². The van der Waals surface area contributed by atoms with E-state index in [1.807, 2.05) is 12.1 Å². The van der Waals surface area contributed by atoms with Crippen molar-refractivity contribution in [2.45, 2.75) is 46.1 Å². The molecule has 0 saturated heterocycles. The Kier molecular flexibility index (Phi) is 4.85.